The van der Waals surface area contributed by atoms with Crippen molar-refractivity contribution in [2.24, 2.45) is 16.8 Å². The van der Waals surface area contributed by atoms with Gasteiger partial charge in [-0.3, -0.25) is 14.6 Å². The lowest BCUT2D eigenvalue weighted by Crippen LogP contribution is -2.47. The number of carbonyl (C=O) groups excluding carboxylic acids is 3. The van der Waals surface area contributed by atoms with Crippen molar-refractivity contribution in [2.45, 2.75) is 38.8 Å². The highest BCUT2D eigenvalue weighted by Gasteiger charge is 2.49. The predicted molar refractivity (Wildman–Crippen MR) is 97.1 cm³/mol. The number of methoxy groups -OCH3 is 1. The van der Waals surface area contributed by atoms with Gasteiger partial charge in [0.25, 0.3) is 0 Å². The molecule has 0 saturated carbocycles. The summed E-state index contributed by atoms with van der Waals surface area (Å²) in [4.78, 5) is 41.2. The number of hydrogen-bond acceptors (Lipinski definition) is 7. The van der Waals surface area contributed by atoms with Crippen LogP contribution < -0.4 is 0 Å². The van der Waals surface area contributed by atoms with Crippen LogP contribution in [0.5, 0.6) is 0 Å². The summed E-state index contributed by atoms with van der Waals surface area (Å²) in [5, 5.41) is 9.51. The number of ether oxygens (including phenoxy) is 2. The van der Waals surface area contributed by atoms with Crippen LogP contribution in [0.25, 0.3) is 0 Å². The van der Waals surface area contributed by atoms with E-state index in [4.69, 9.17) is 9.47 Å². The van der Waals surface area contributed by atoms with Crippen LogP contribution in [-0.2, 0) is 23.9 Å². The summed E-state index contributed by atoms with van der Waals surface area (Å²) in [6.45, 7) is 5.06. The molecule has 0 amide bonds. The van der Waals surface area contributed by atoms with E-state index in [1.165, 1.54) is 7.11 Å². The van der Waals surface area contributed by atoms with E-state index in [1.807, 2.05) is 0 Å². The van der Waals surface area contributed by atoms with Crippen LogP contribution in [0, 0.1) is 23.2 Å². The normalized spacial score (nSPS) is 24.5. The average molecular weight is 370 g/mol. The van der Waals surface area contributed by atoms with Gasteiger partial charge in [-0.15, -0.1) is 0 Å². The summed E-state index contributed by atoms with van der Waals surface area (Å²) >= 11 is 0. The predicted octanol–water partition coefficient (Wildman–Crippen LogP) is 2.04. The fraction of sp³-hybridized carbons (Fsp3) is 0.450. The molecule has 0 saturated heterocycles. The molecule has 1 aromatic rings. The first-order chi connectivity index (χ1) is 12.8. The third-order valence-corrected chi connectivity index (χ3v) is 4.58. The van der Waals surface area contributed by atoms with E-state index in [2.05, 4.69) is 11.1 Å². The molecule has 142 valence electrons. The molecule has 0 N–H and O–H groups in total. The minimum Gasteiger partial charge on any atom is -0.469 e. The van der Waals surface area contributed by atoms with Crippen LogP contribution in [0.3, 0.4) is 0 Å². The first-order valence-corrected chi connectivity index (χ1v) is 8.62. The maximum absolute atomic E-state index is 12.8. The van der Waals surface area contributed by atoms with Crippen molar-refractivity contribution in [3.63, 3.8) is 0 Å². The molecule has 2 rings (SSSR count). The number of benzene rings is 1. The quantitative estimate of drug-likeness (QED) is 0.580. The fourth-order valence-electron chi connectivity index (χ4n) is 3.50. The summed E-state index contributed by atoms with van der Waals surface area (Å²) in [5.41, 5.74) is 1.19. The Balaban J connectivity index is 2.71. The largest absolute Gasteiger partial charge is 0.469 e. The van der Waals surface area contributed by atoms with Gasteiger partial charge in [0.15, 0.2) is 0 Å². The Kier molecular flexibility index (Phi) is 6.45. The van der Waals surface area contributed by atoms with E-state index >= 15 is 0 Å². The minimum absolute atomic E-state index is 0.318. The minimum atomic E-state index is -1.03. The number of aliphatic imine (C=N–C) groups is 1. The molecule has 7 nitrogen and oxygen atoms in total. The molecule has 0 fully saturated rings. The number of aldehydes is 1. The highest BCUT2D eigenvalue weighted by Crippen LogP contribution is 2.42. The Morgan fingerprint density at radius 2 is 1.93 bits per heavy atom. The lowest BCUT2D eigenvalue weighted by Gasteiger charge is -2.37. The lowest BCUT2D eigenvalue weighted by atomic mass is 9.69. The summed E-state index contributed by atoms with van der Waals surface area (Å²) in [6.07, 6.45) is 0.203. The van der Waals surface area contributed by atoms with Gasteiger partial charge in [0.05, 0.1) is 30.8 Å². The first kappa shape index (κ1) is 20.3. The second-order valence-corrected chi connectivity index (χ2v) is 6.63. The van der Waals surface area contributed by atoms with Crippen molar-refractivity contribution in [3.8, 4) is 6.07 Å². The fourth-order valence-corrected chi connectivity index (χ4v) is 3.50. The molecule has 0 aliphatic carbocycles. The van der Waals surface area contributed by atoms with Crippen molar-refractivity contribution in [2.75, 3.05) is 7.11 Å². The summed E-state index contributed by atoms with van der Waals surface area (Å²) in [6, 6.07) is 7.77. The molecule has 27 heavy (non-hydrogen) atoms. The monoisotopic (exact) mass is 370 g/mol. The van der Waals surface area contributed by atoms with Gasteiger partial charge in [-0.2, -0.15) is 5.26 Å². The van der Waals surface area contributed by atoms with Crippen molar-refractivity contribution < 1.29 is 23.9 Å². The second-order valence-electron chi connectivity index (χ2n) is 6.63. The van der Waals surface area contributed by atoms with Gasteiger partial charge in [-0.25, -0.2) is 0 Å². The van der Waals surface area contributed by atoms with Gasteiger partial charge in [0.1, 0.15) is 18.2 Å². The van der Waals surface area contributed by atoms with Crippen LogP contribution in [-0.4, -0.2) is 43.2 Å². The molecular formula is C20H22N2O5. The third kappa shape index (κ3) is 4.05. The molecule has 1 aliphatic rings. The maximum atomic E-state index is 12.8. The summed E-state index contributed by atoms with van der Waals surface area (Å²) in [5.74, 6) is -3.95. The van der Waals surface area contributed by atoms with E-state index in [1.54, 1.807) is 45.0 Å². The standard InChI is InChI=1S/C20H22N2O5/c1-11(2)27-20(25)16-12(3)22-15(10-23)18(19(24)26-4)17(16)14-8-6-5-7-13(14)9-21/h5-8,10-11,15-18H,1-4H3. The van der Waals surface area contributed by atoms with Crippen LogP contribution >= 0.6 is 0 Å². The Hall–Kier alpha value is -3.01. The average Bonchev–Trinajstić information content (AvgIpc) is 2.65. The van der Waals surface area contributed by atoms with Crippen LogP contribution in [0.1, 0.15) is 37.8 Å². The lowest BCUT2D eigenvalue weighted by molar-refractivity contribution is -0.154. The number of esters is 2. The van der Waals surface area contributed by atoms with E-state index < -0.39 is 35.7 Å². The molecule has 0 bridgehead atoms. The van der Waals surface area contributed by atoms with Gasteiger partial charge in [-0.1, -0.05) is 18.2 Å². The number of hydrogen-bond donors (Lipinski definition) is 0. The number of nitriles is 1. The zero-order valence-corrected chi connectivity index (χ0v) is 15.7. The Labute approximate surface area is 158 Å². The van der Waals surface area contributed by atoms with E-state index in [0.29, 0.717) is 23.1 Å². The van der Waals surface area contributed by atoms with Crippen molar-refractivity contribution in [3.05, 3.63) is 35.4 Å². The third-order valence-electron chi connectivity index (χ3n) is 4.58. The second kappa shape index (κ2) is 8.58. The molecule has 1 aromatic carbocycles. The molecular weight excluding hydrogens is 348 g/mol. The van der Waals surface area contributed by atoms with Crippen molar-refractivity contribution >= 4 is 23.9 Å². The topological polar surface area (TPSA) is 106 Å². The number of nitrogens with zero attached hydrogens (tertiary/aromatic N) is 2. The molecule has 0 spiro atoms. The van der Waals surface area contributed by atoms with E-state index in [0.717, 1.165) is 0 Å². The maximum Gasteiger partial charge on any atom is 0.315 e. The Bertz CT molecular complexity index is 809. The molecule has 7 heteroatoms. The van der Waals surface area contributed by atoms with Crippen LogP contribution in [0.2, 0.25) is 0 Å². The van der Waals surface area contributed by atoms with Crippen LogP contribution in [0.15, 0.2) is 29.3 Å². The first-order valence-electron chi connectivity index (χ1n) is 8.62. The molecule has 0 radical (unpaired) electrons. The van der Waals surface area contributed by atoms with Crippen molar-refractivity contribution in [1.82, 2.24) is 0 Å². The van der Waals surface area contributed by atoms with Gasteiger partial charge in [0, 0.05) is 11.6 Å². The van der Waals surface area contributed by atoms with Gasteiger partial charge >= 0.3 is 11.9 Å². The number of carbonyl (C=O) groups is 3. The zero-order valence-electron chi connectivity index (χ0n) is 15.7. The Morgan fingerprint density at radius 1 is 1.26 bits per heavy atom. The Morgan fingerprint density at radius 3 is 2.48 bits per heavy atom. The van der Waals surface area contributed by atoms with Crippen molar-refractivity contribution in [1.29, 1.82) is 5.26 Å². The zero-order chi connectivity index (χ0) is 20.1. The van der Waals surface area contributed by atoms with Gasteiger partial charge < -0.3 is 14.3 Å². The molecule has 1 heterocycles. The van der Waals surface area contributed by atoms with Crippen LogP contribution in [0.4, 0.5) is 0 Å². The SMILES string of the molecule is COC(=O)C1C(C=O)N=C(C)C(C(=O)OC(C)C)C1c1ccccc1C#N. The van der Waals surface area contributed by atoms with Gasteiger partial charge in [0.2, 0.25) is 0 Å². The summed E-state index contributed by atoms with van der Waals surface area (Å²) in [7, 11) is 1.21. The highest BCUT2D eigenvalue weighted by atomic mass is 16.5. The highest BCUT2D eigenvalue weighted by molar-refractivity contribution is 6.04. The van der Waals surface area contributed by atoms with Gasteiger partial charge in [-0.05, 0) is 32.4 Å². The molecule has 4 atom stereocenters. The van der Waals surface area contributed by atoms with E-state index in [-0.39, 0.29) is 6.10 Å². The molecule has 1 aliphatic heterocycles. The summed E-state index contributed by atoms with van der Waals surface area (Å²) < 4.78 is 10.3. The number of rotatable bonds is 5. The smallest absolute Gasteiger partial charge is 0.315 e. The van der Waals surface area contributed by atoms with E-state index in [9.17, 15) is 19.6 Å². The molecule has 0 aromatic heterocycles. The molecule has 4 unspecified atom stereocenters.